The van der Waals surface area contributed by atoms with E-state index in [9.17, 15) is 0 Å². The maximum absolute atomic E-state index is 7.75. The molecule has 0 aromatic heterocycles. The van der Waals surface area contributed by atoms with Crippen LogP contribution in [0.2, 0.25) is 0 Å². The Bertz CT molecular complexity index is 207. The van der Waals surface area contributed by atoms with Crippen molar-refractivity contribution in [3.8, 4) is 0 Å². The van der Waals surface area contributed by atoms with Crippen molar-refractivity contribution in [2.45, 2.75) is 78.0 Å². The van der Waals surface area contributed by atoms with Gasteiger partial charge in [0, 0.05) is 28.9 Å². The molecule has 0 rings (SSSR count). The molecule has 0 aliphatic rings. The van der Waals surface area contributed by atoms with Crippen LogP contribution in [0.5, 0.6) is 0 Å². The fourth-order valence-corrected chi connectivity index (χ4v) is 8.99. The van der Waals surface area contributed by atoms with Crippen LogP contribution in [0.3, 0.4) is 0 Å². The Morgan fingerprint density at radius 1 is 0.739 bits per heavy atom. The van der Waals surface area contributed by atoms with Gasteiger partial charge in [-0.05, 0) is 55.4 Å². The average Bonchev–Trinajstić information content (AvgIpc) is 2.48. The van der Waals surface area contributed by atoms with Gasteiger partial charge in [0.15, 0.2) is 0 Å². The molecule has 0 unspecified atom stereocenters. The number of nitrogens with one attached hydrogen (secondary N) is 1. The SMILES string of the molecule is CC(C)[PH+](CCNCC[PH+](C(C)C)C(C)C)C(C)C.[CH-]=O.[Cl][RuH+2]. The van der Waals surface area contributed by atoms with E-state index in [1.165, 1.54) is 25.4 Å². The van der Waals surface area contributed by atoms with E-state index >= 15 is 0 Å². The van der Waals surface area contributed by atoms with Crippen LogP contribution in [0.25, 0.3) is 0 Å². The Morgan fingerprint density at radius 3 is 1.13 bits per heavy atom. The minimum atomic E-state index is -0.166. The van der Waals surface area contributed by atoms with Gasteiger partial charge in [-0.15, -0.1) is 0 Å². The first-order chi connectivity index (χ1) is 10.8. The first-order valence-electron chi connectivity index (χ1n) is 8.57. The van der Waals surface area contributed by atoms with E-state index in [2.05, 4.69) is 77.2 Å². The minimum absolute atomic E-state index is 0.166. The summed E-state index contributed by atoms with van der Waals surface area (Å²) in [5.41, 5.74) is 3.66. The maximum atomic E-state index is 7.75. The summed E-state index contributed by atoms with van der Waals surface area (Å²) in [6.45, 7) is 25.0. The summed E-state index contributed by atoms with van der Waals surface area (Å²) in [6.07, 6.45) is 2.87. The van der Waals surface area contributed by atoms with Gasteiger partial charge in [-0.2, -0.15) is 0 Å². The third kappa shape index (κ3) is 16.6. The third-order valence-electron chi connectivity index (χ3n) is 4.15. The second-order valence-electron chi connectivity index (χ2n) is 7.02. The van der Waals surface area contributed by atoms with Crippen LogP contribution in [0, 0.1) is 0 Å². The van der Waals surface area contributed by atoms with E-state index in [0.29, 0.717) is 0 Å². The van der Waals surface area contributed by atoms with Gasteiger partial charge < -0.3 is 10.1 Å². The molecule has 0 aromatic rings. The van der Waals surface area contributed by atoms with E-state index in [0.717, 1.165) is 22.6 Å². The van der Waals surface area contributed by atoms with Crippen molar-refractivity contribution >= 4 is 32.3 Å². The summed E-state index contributed by atoms with van der Waals surface area (Å²) in [7, 11) is 4.28. The summed E-state index contributed by atoms with van der Waals surface area (Å²) in [5.74, 6) is 0. The molecule has 142 valence electrons. The molecule has 0 fully saturated rings. The van der Waals surface area contributed by atoms with Crippen molar-refractivity contribution in [3.05, 3.63) is 0 Å². The molecule has 0 saturated carbocycles. The Labute approximate surface area is 162 Å². The van der Waals surface area contributed by atoms with Gasteiger partial charge >= 0.3 is 27.0 Å². The Kier molecular flexibility index (Phi) is 25.0. The number of carbonyl (C=O) groups excluding carboxylic acids is 1. The molecule has 0 aromatic carbocycles. The molecule has 6 heteroatoms. The molecule has 0 saturated heterocycles. The molecule has 0 amide bonds. The molecule has 0 radical (unpaired) electrons. The molecular formula is C17H41ClNOP2Ru+3. The van der Waals surface area contributed by atoms with Gasteiger partial charge in [0.2, 0.25) is 0 Å². The van der Waals surface area contributed by atoms with Crippen LogP contribution in [-0.4, -0.2) is 54.8 Å². The van der Waals surface area contributed by atoms with Gasteiger partial charge in [-0.25, -0.2) is 0 Å². The summed E-state index contributed by atoms with van der Waals surface area (Å²) in [5, 5.41) is 3.72. The first-order valence-corrected chi connectivity index (χ1v) is 14.7. The summed E-state index contributed by atoms with van der Waals surface area (Å²) in [4.78, 5) is 7.75. The van der Waals surface area contributed by atoms with Crippen LogP contribution in [0.15, 0.2) is 0 Å². The van der Waals surface area contributed by atoms with Crippen LogP contribution in [0.4, 0.5) is 0 Å². The van der Waals surface area contributed by atoms with Gasteiger partial charge in [0.05, 0.1) is 35.0 Å². The zero-order valence-electron chi connectivity index (χ0n) is 16.4. The molecule has 0 heterocycles. The molecule has 2 nitrogen and oxygen atoms in total. The summed E-state index contributed by atoms with van der Waals surface area (Å²) >= 11 is 1.62. The number of halogens is 1. The number of rotatable bonds is 10. The molecular weight excluding hydrogens is 433 g/mol. The van der Waals surface area contributed by atoms with Crippen molar-refractivity contribution in [1.29, 1.82) is 0 Å². The van der Waals surface area contributed by atoms with Crippen molar-refractivity contribution in [3.63, 3.8) is 0 Å². The van der Waals surface area contributed by atoms with Crippen molar-refractivity contribution < 1.29 is 22.1 Å². The van der Waals surface area contributed by atoms with Gasteiger partial charge in [0.25, 0.3) is 0 Å². The predicted molar refractivity (Wildman–Crippen MR) is 114 cm³/mol. The van der Waals surface area contributed by atoms with Crippen LogP contribution >= 0.6 is 25.5 Å². The van der Waals surface area contributed by atoms with Gasteiger partial charge in [-0.1, -0.05) is 0 Å². The molecule has 0 bridgehead atoms. The van der Waals surface area contributed by atoms with E-state index in [4.69, 9.17) is 4.79 Å². The predicted octanol–water partition coefficient (Wildman–Crippen LogP) is 4.78. The summed E-state index contributed by atoms with van der Waals surface area (Å²) < 4.78 is 0. The fraction of sp³-hybridized carbons (Fsp3) is 0.941. The standard InChI is InChI=1S/C16H37NP2.CHO.ClH.Ru.H/c1-13(2)18(14(3)4)11-9-17-10-12-19(15(5)6)16(7)8;1-2;;;/h13-17H,9-12H2,1-8H3;1H;1H;;/q;-1;;+3;/p+1. The molecule has 0 spiro atoms. The molecule has 0 aliphatic carbocycles. The quantitative estimate of drug-likeness (QED) is 0.163. The van der Waals surface area contributed by atoms with Gasteiger partial charge in [-0.3, -0.25) is 6.79 Å². The number of hydrogen-bond donors (Lipinski definition) is 1. The summed E-state index contributed by atoms with van der Waals surface area (Å²) in [6, 6.07) is 0. The average molecular weight is 474 g/mol. The van der Waals surface area contributed by atoms with E-state index in [-0.39, 0.29) is 15.8 Å². The van der Waals surface area contributed by atoms with Crippen molar-refractivity contribution in [2.75, 3.05) is 25.4 Å². The topological polar surface area (TPSA) is 29.1 Å². The monoisotopic (exact) mass is 474 g/mol. The third-order valence-corrected chi connectivity index (χ3v) is 11.7. The van der Waals surface area contributed by atoms with Crippen LogP contribution in [-0.2, 0) is 22.1 Å². The molecule has 23 heavy (non-hydrogen) atoms. The van der Waals surface area contributed by atoms with E-state index in [1.807, 2.05) is 0 Å². The van der Waals surface area contributed by atoms with E-state index in [1.54, 1.807) is 17.3 Å². The van der Waals surface area contributed by atoms with Crippen molar-refractivity contribution in [1.82, 2.24) is 5.32 Å². The normalized spacial score (nSPS) is 11.1. The van der Waals surface area contributed by atoms with Crippen molar-refractivity contribution in [2.24, 2.45) is 0 Å². The number of hydrogen-bond acceptors (Lipinski definition) is 2. The molecule has 0 atom stereocenters. The Hall–Kier alpha value is 1.40. The first kappa shape index (κ1) is 29.2. The fourth-order valence-electron chi connectivity index (χ4n) is 3.08. The second kappa shape index (κ2) is 19.7. The van der Waals surface area contributed by atoms with E-state index < -0.39 is 0 Å². The molecule has 1 N–H and O–H groups in total. The van der Waals surface area contributed by atoms with Gasteiger partial charge in [0.1, 0.15) is 0 Å². The zero-order chi connectivity index (χ0) is 19.0. The second-order valence-corrected chi connectivity index (χ2v) is 14.9. The van der Waals surface area contributed by atoms with Crippen LogP contribution in [0.1, 0.15) is 55.4 Å². The zero-order valence-corrected chi connectivity index (χ0v) is 21.0. The Morgan fingerprint density at radius 2 is 0.957 bits per heavy atom. The molecule has 0 aliphatic heterocycles. The Balaban J connectivity index is -0.000000919. The van der Waals surface area contributed by atoms with Crippen LogP contribution < -0.4 is 5.32 Å².